The van der Waals surface area contributed by atoms with Crippen molar-refractivity contribution in [3.63, 3.8) is 0 Å². The average Bonchev–Trinajstić information content (AvgIpc) is 3.64. The molecule has 7 aromatic carbocycles. The fourth-order valence-corrected chi connectivity index (χ4v) is 8.69. The number of fused-ring (bicyclic) bond motifs is 13. The van der Waals surface area contributed by atoms with Crippen molar-refractivity contribution in [3.8, 4) is 39.6 Å². The molecule has 1 aliphatic heterocycles. The van der Waals surface area contributed by atoms with Gasteiger partial charge in [-0.05, 0) is 75.8 Å². The number of para-hydroxylation sites is 4. The van der Waals surface area contributed by atoms with Crippen molar-refractivity contribution in [2.75, 3.05) is 0 Å². The maximum Gasteiger partial charge on any atom is 0.138 e. The summed E-state index contributed by atoms with van der Waals surface area (Å²) in [6.07, 6.45) is 0. The van der Waals surface area contributed by atoms with Crippen LogP contribution in [0, 0.1) is 0 Å². The summed E-state index contributed by atoms with van der Waals surface area (Å²) in [6, 6.07) is 61.0. The monoisotopic (exact) mass is 624 g/mol. The summed E-state index contributed by atoms with van der Waals surface area (Å²) in [7, 11) is 0. The summed E-state index contributed by atoms with van der Waals surface area (Å²) in [4.78, 5) is 5.36. The predicted octanol–water partition coefficient (Wildman–Crippen LogP) is 11.5. The Bertz CT molecular complexity index is 2770. The Kier molecular flexibility index (Phi) is 5.31. The van der Waals surface area contributed by atoms with Crippen molar-refractivity contribution >= 4 is 32.7 Å². The van der Waals surface area contributed by atoms with Crippen LogP contribution in [0.4, 0.5) is 0 Å². The molecule has 1 aliphatic carbocycles. The van der Waals surface area contributed by atoms with Crippen LogP contribution < -0.4 is 4.74 Å². The Hall–Kier alpha value is -6.45. The molecule has 0 N–H and O–H groups in total. The fourth-order valence-electron chi connectivity index (χ4n) is 8.69. The lowest BCUT2D eigenvalue weighted by Crippen LogP contribution is -2.32. The van der Waals surface area contributed by atoms with Crippen LogP contribution in [0.3, 0.4) is 0 Å². The summed E-state index contributed by atoms with van der Waals surface area (Å²) >= 11 is 0. The van der Waals surface area contributed by atoms with Crippen molar-refractivity contribution < 1.29 is 4.74 Å². The predicted molar refractivity (Wildman–Crippen MR) is 199 cm³/mol. The number of pyridine rings is 1. The van der Waals surface area contributed by atoms with Gasteiger partial charge in [0.2, 0.25) is 0 Å². The van der Waals surface area contributed by atoms with E-state index < -0.39 is 5.41 Å². The minimum absolute atomic E-state index is 0.543. The van der Waals surface area contributed by atoms with E-state index in [2.05, 4.69) is 174 Å². The first kappa shape index (κ1) is 26.6. The third-order valence-corrected chi connectivity index (χ3v) is 10.7. The van der Waals surface area contributed by atoms with Crippen molar-refractivity contribution in [2.45, 2.75) is 5.41 Å². The lowest BCUT2D eigenvalue weighted by Gasteiger charge is -2.39. The maximum absolute atomic E-state index is 6.60. The first-order valence-electron chi connectivity index (χ1n) is 16.8. The summed E-state index contributed by atoms with van der Waals surface area (Å²) in [5.41, 5.74) is 12.4. The van der Waals surface area contributed by atoms with Gasteiger partial charge in [-0.3, -0.25) is 4.57 Å². The molecule has 0 fully saturated rings. The molecule has 0 atom stereocenters. The van der Waals surface area contributed by atoms with Gasteiger partial charge in [0.05, 0.1) is 22.0 Å². The smallest absolute Gasteiger partial charge is 0.138 e. The van der Waals surface area contributed by atoms with Crippen LogP contribution in [0.1, 0.15) is 22.3 Å². The van der Waals surface area contributed by atoms with Crippen LogP contribution in [0.25, 0.3) is 60.8 Å². The van der Waals surface area contributed by atoms with Crippen molar-refractivity contribution in [3.05, 3.63) is 192 Å². The van der Waals surface area contributed by atoms with E-state index in [-0.39, 0.29) is 0 Å². The normalized spacial score (nSPS) is 13.6. The van der Waals surface area contributed by atoms with Crippen LogP contribution in [0.15, 0.2) is 170 Å². The van der Waals surface area contributed by atoms with Gasteiger partial charge in [0.25, 0.3) is 0 Å². The maximum atomic E-state index is 6.60. The number of hydrogen-bond acceptors (Lipinski definition) is 2. The summed E-state index contributed by atoms with van der Waals surface area (Å²) in [5, 5.41) is 3.57. The van der Waals surface area contributed by atoms with Gasteiger partial charge in [0, 0.05) is 27.3 Å². The molecule has 2 aliphatic rings. The quantitative estimate of drug-likeness (QED) is 0.191. The topological polar surface area (TPSA) is 27.1 Å². The number of aromatic nitrogens is 2. The molecule has 9 aromatic rings. The Labute approximate surface area is 283 Å². The van der Waals surface area contributed by atoms with E-state index in [1.165, 1.54) is 44.2 Å². The van der Waals surface area contributed by atoms with Gasteiger partial charge < -0.3 is 4.74 Å². The molecule has 228 valence electrons. The van der Waals surface area contributed by atoms with Gasteiger partial charge in [-0.2, -0.15) is 0 Å². The molecule has 11 rings (SSSR count). The van der Waals surface area contributed by atoms with Crippen LogP contribution in [0.5, 0.6) is 11.5 Å². The molecule has 49 heavy (non-hydrogen) atoms. The number of rotatable bonds is 2. The highest BCUT2D eigenvalue weighted by atomic mass is 16.5. The third kappa shape index (κ3) is 3.49. The highest BCUT2D eigenvalue weighted by Crippen LogP contribution is 2.62. The van der Waals surface area contributed by atoms with E-state index in [9.17, 15) is 0 Å². The second-order valence-electron chi connectivity index (χ2n) is 13.1. The van der Waals surface area contributed by atoms with Gasteiger partial charge >= 0.3 is 0 Å². The molecule has 3 heteroatoms. The Balaban J connectivity index is 1.29. The molecule has 0 radical (unpaired) electrons. The lowest BCUT2D eigenvalue weighted by atomic mass is 9.66. The van der Waals surface area contributed by atoms with Crippen LogP contribution in [-0.4, -0.2) is 9.55 Å². The molecule has 3 nitrogen and oxygen atoms in total. The van der Waals surface area contributed by atoms with Gasteiger partial charge in [0.15, 0.2) is 0 Å². The molecule has 2 aromatic heterocycles. The number of ether oxygens (including phenoxy) is 1. The third-order valence-electron chi connectivity index (χ3n) is 10.7. The first-order chi connectivity index (χ1) is 24.3. The van der Waals surface area contributed by atoms with E-state index >= 15 is 0 Å². The standard InChI is InChI=1S/C46H28N2O/c1-2-14-29(15-3-1)33-27-45(47-40-22-10-5-17-31(33)40)48-41-23-11-6-18-32(41)35-26-34-30-16-4-7-19-36(30)46(39(34)28-42(35)48)37-20-8-12-24-43(37)49-44-25-13-9-21-38(44)46/h1-28H. The first-order valence-corrected chi connectivity index (χ1v) is 16.8. The van der Waals surface area contributed by atoms with E-state index in [1.807, 2.05) is 0 Å². The zero-order valence-corrected chi connectivity index (χ0v) is 26.5. The molecule has 0 unspecified atom stereocenters. The highest BCUT2D eigenvalue weighted by molar-refractivity contribution is 6.12. The van der Waals surface area contributed by atoms with E-state index in [1.54, 1.807) is 0 Å². The van der Waals surface area contributed by atoms with Crippen molar-refractivity contribution in [1.29, 1.82) is 0 Å². The van der Waals surface area contributed by atoms with Gasteiger partial charge in [-0.25, -0.2) is 4.98 Å². The Morgan fingerprint density at radius 3 is 1.86 bits per heavy atom. The van der Waals surface area contributed by atoms with Gasteiger partial charge in [-0.15, -0.1) is 0 Å². The van der Waals surface area contributed by atoms with Crippen LogP contribution in [0.2, 0.25) is 0 Å². The van der Waals surface area contributed by atoms with Crippen LogP contribution in [-0.2, 0) is 5.41 Å². The number of benzene rings is 7. The Morgan fingerprint density at radius 2 is 1.06 bits per heavy atom. The minimum Gasteiger partial charge on any atom is -0.457 e. The summed E-state index contributed by atoms with van der Waals surface area (Å²) in [6.45, 7) is 0. The largest absolute Gasteiger partial charge is 0.457 e. The Morgan fingerprint density at radius 1 is 0.429 bits per heavy atom. The molecule has 1 spiro atoms. The molecular weight excluding hydrogens is 597 g/mol. The van der Waals surface area contributed by atoms with Crippen molar-refractivity contribution in [2.24, 2.45) is 0 Å². The summed E-state index contributed by atoms with van der Waals surface area (Å²) in [5.74, 6) is 2.70. The number of hydrogen-bond donors (Lipinski definition) is 0. The number of nitrogens with zero attached hydrogens (tertiary/aromatic N) is 2. The van der Waals surface area contributed by atoms with Crippen molar-refractivity contribution in [1.82, 2.24) is 9.55 Å². The molecule has 0 saturated carbocycles. The van der Waals surface area contributed by atoms with E-state index in [0.717, 1.165) is 50.4 Å². The second-order valence-corrected chi connectivity index (χ2v) is 13.1. The lowest BCUT2D eigenvalue weighted by molar-refractivity contribution is 0.436. The highest BCUT2D eigenvalue weighted by Gasteiger charge is 2.51. The molecule has 0 amide bonds. The molecule has 0 bridgehead atoms. The summed E-state index contributed by atoms with van der Waals surface area (Å²) < 4.78 is 8.98. The average molecular weight is 625 g/mol. The molecule has 3 heterocycles. The zero-order valence-electron chi connectivity index (χ0n) is 26.5. The second kappa shape index (κ2) is 9.79. The molecule has 0 saturated heterocycles. The van der Waals surface area contributed by atoms with Crippen LogP contribution >= 0.6 is 0 Å². The van der Waals surface area contributed by atoms with E-state index in [4.69, 9.17) is 9.72 Å². The van der Waals surface area contributed by atoms with E-state index in [0.29, 0.717) is 0 Å². The fraction of sp³-hybridized carbons (Fsp3) is 0.0217. The van der Waals surface area contributed by atoms with Gasteiger partial charge in [-0.1, -0.05) is 127 Å². The molecular formula is C46H28N2O. The minimum atomic E-state index is -0.543. The zero-order chi connectivity index (χ0) is 32.1. The van der Waals surface area contributed by atoms with Gasteiger partial charge in [0.1, 0.15) is 17.3 Å². The SMILES string of the molecule is c1ccc(-c2cc(-n3c4ccccc4c4cc5c(cc43)C3(c4ccccc4Oc4ccccc43)c3ccccc3-5)nc3ccccc23)cc1.